The molecule has 0 aliphatic carbocycles. The minimum atomic E-state index is -1.91. The van der Waals surface area contributed by atoms with Gasteiger partial charge in [0.15, 0.2) is 10.1 Å². The molecule has 7 nitrogen and oxygen atoms in total. The van der Waals surface area contributed by atoms with Gasteiger partial charge in [-0.3, -0.25) is 0 Å². The first-order chi connectivity index (χ1) is 11.8. The maximum absolute atomic E-state index is 10.2. The summed E-state index contributed by atoms with van der Waals surface area (Å²) in [5.74, 6) is 0.290. The van der Waals surface area contributed by atoms with Gasteiger partial charge in [-0.05, 0) is 27.6 Å². The number of rotatable bonds is 4. The summed E-state index contributed by atoms with van der Waals surface area (Å²) in [6.07, 6.45) is -4.64. The number of aliphatic hydroxyl groups is 4. The maximum Gasteiger partial charge on any atom is 0.232 e. The SMILES string of the molecule is OC(Cl)[C@@]1(Br)O[C@H](Oc2[nH]ccc2-c2ccccc2)[C@H](O)[C@@H](O)[C@@H]1O. The van der Waals surface area contributed by atoms with Gasteiger partial charge in [0.25, 0.3) is 0 Å². The van der Waals surface area contributed by atoms with E-state index < -0.39 is 34.7 Å². The van der Waals surface area contributed by atoms with Gasteiger partial charge in [-0.1, -0.05) is 41.9 Å². The van der Waals surface area contributed by atoms with Gasteiger partial charge in [0.1, 0.15) is 18.3 Å². The molecular weight excluding hydrogens is 418 g/mol. The first kappa shape index (κ1) is 18.7. The molecule has 0 spiro atoms. The molecule has 1 aromatic carbocycles. The molecule has 25 heavy (non-hydrogen) atoms. The van der Waals surface area contributed by atoms with Crippen molar-refractivity contribution >= 4 is 27.5 Å². The summed E-state index contributed by atoms with van der Waals surface area (Å²) in [7, 11) is 0. The fourth-order valence-electron chi connectivity index (χ4n) is 2.60. The summed E-state index contributed by atoms with van der Waals surface area (Å²) in [5, 5.41) is 39.9. The highest BCUT2D eigenvalue weighted by Crippen LogP contribution is 2.40. The molecule has 9 heteroatoms. The van der Waals surface area contributed by atoms with Crippen LogP contribution >= 0.6 is 27.5 Å². The number of hydrogen-bond donors (Lipinski definition) is 5. The third kappa shape index (κ3) is 3.43. The molecule has 136 valence electrons. The monoisotopic (exact) mass is 433 g/mol. The molecule has 2 heterocycles. The van der Waals surface area contributed by atoms with Gasteiger partial charge < -0.3 is 34.9 Å². The van der Waals surface area contributed by atoms with Crippen LogP contribution in [0.1, 0.15) is 0 Å². The molecule has 1 aromatic heterocycles. The van der Waals surface area contributed by atoms with Crippen molar-refractivity contribution in [3.05, 3.63) is 42.6 Å². The molecular formula is C16H17BrClNO6. The number of aromatic nitrogens is 1. The van der Waals surface area contributed by atoms with Crippen LogP contribution in [0.5, 0.6) is 5.88 Å². The van der Waals surface area contributed by atoms with Crippen molar-refractivity contribution in [3.63, 3.8) is 0 Å². The molecule has 1 saturated heterocycles. The van der Waals surface area contributed by atoms with Crippen molar-refractivity contribution in [2.45, 2.75) is 34.7 Å². The van der Waals surface area contributed by atoms with Crippen molar-refractivity contribution in [1.29, 1.82) is 0 Å². The molecule has 1 aliphatic rings. The number of benzene rings is 1. The highest BCUT2D eigenvalue weighted by atomic mass is 79.9. The lowest BCUT2D eigenvalue weighted by molar-refractivity contribution is -0.292. The topological polar surface area (TPSA) is 115 Å². The first-order valence-corrected chi connectivity index (χ1v) is 8.70. The molecule has 0 saturated carbocycles. The summed E-state index contributed by atoms with van der Waals surface area (Å²) in [4.78, 5) is 2.89. The molecule has 3 rings (SSSR count). The van der Waals surface area contributed by atoms with E-state index in [1.165, 1.54) is 0 Å². The van der Waals surface area contributed by atoms with Crippen LogP contribution in [0.4, 0.5) is 0 Å². The molecule has 1 unspecified atom stereocenters. The van der Waals surface area contributed by atoms with Gasteiger partial charge >= 0.3 is 0 Å². The Labute approximate surface area is 156 Å². The number of nitrogens with one attached hydrogen (secondary N) is 1. The minimum Gasteiger partial charge on any atom is -0.446 e. The molecule has 1 aliphatic heterocycles. The quantitative estimate of drug-likeness (QED) is 0.461. The van der Waals surface area contributed by atoms with Crippen molar-refractivity contribution in [2.75, 3.05) is 0 Å². The van der Waals surface area contributed by atoms with E-state index in [0.29, 0.717) is 5.56 Å². The molecule has 6 atom stereocenters. The van der Waals surface area contributed by atoms with E-state index in [1.54, 1.807) is 12.3 Å². The molecule has 0 amide bonds. The van der Waals surface area contributed by atoms with Crippen LogP contribution in [0, 0.1) is 0 Å². The zero-order chi connectivity index (χ0) is 18.2. The number of hydrogen-bond acceptors (Lipinski definition) is 6. The van der Waals surface area contributed by atoms with Crippen LogP contribution in [0.2, 0.25) is 0 Å². The van der Waals surface area contributed by atoms with Gasteiger partial charge in [0.05, 0.1) is 0 Å². The normalized spacial score (nSPS) is 33.8. The largest absolute Gasteiger partial charge is 0.446 e. The van der Waals surface area contributed by atoms with Crippen molar-refractivity contribution in [3.8, 4) is 17.0 Å². The molecule has 2 aromatic rings. The Bertz CT molecular complexity index is 714. The summed E-state index contributed by atoms with van der Waals surface area (Å²) in [5.41, 5.74) is -0.122. The zero-order valence-corrected chi connectivity index (χ0v) is 15.1. The second-order valence-electron chi connectivity index (χ2n) is 5.65. The lowest BCUT2D eigenvalue weighted by Gasteiger charge is -2.45. The summed E-state index contributed by atoms with van der Waals surface area (Å²) < 4.78 is 9.18. The van der Waals surface area contributed by atoms with Crippen LogP contribution in [0.25, 0.3) is 11.1 Å². The number of H-pyrrole nitrogens is 1. The van der Waals surface area contributed by atoms with Crippen LogP contribution in [-0.2, 0) is 4.74 Å². The van der Waals surface area contributed by atoms with E-state index >= 15 is 0 Å². The maximum atomic E-state index is 10.2. The second kappa shape index (κ2) is 7.24. The van der Waals surface area contributed by atoms with Crippen molar-refractivity contribution < 1.29 is 29.9 Å². The Kier molecular flexibility index (Phi) is 5.40. The Balaban J connectivity index is 1.87. The van der Waals surface area contributed by atoms with Crippen LogP contribution in [0.3, 0.4) is 0 Å². The van der Waals surface area contributed by atoms with Crippen molar-refractivity contribution in [2.24, 2.45) is 0 Å². The predicted molar refractivity (Wildman–Crippen MR) is 93.3 cm³/mol. The summed E-state index contributed by atoms with van der Waals surface area (Å²) in [6, 6.07) is 11.2. The fourth-order valence-corrected chi connectivity index (χ4v) is 3.24. The lowest BCUT2D eigenvalue weighted by atomic mass is 9.99. The fraction of sp³-hybridized carbons (Fsp3) is 0.375. The minimum absolute atomic E-state index is 0.290. The van der Waals surface area contributed by atoms with E-state index in [9.17, 15) is 20.4 Å². The van der Waals surface area contributed by atoms with E-state index in [-0.39, 0.29) is 5.88 Å². The molecule has 0 radical (unpaired) electrons. The molecule has 1 fully saturated rings. The highest BCUT2D eigenvalue weighted by Gasteiger charge is 2.56. The number of aromatic amines is 1. The van der Waals surface area contributed by atoms with Gasteiger partial charge in [-0.15, -0.1) is 0 Å². The molecule has 0 bridgehead atoms. The average Bonchev–Trinajstić information content (AvgIpc) is 3.06. The zero-order valence-electron chi connectivity index (χ0n) is 12.8. The lowest BCUT2D eigenvalue weighted by Crippen LogP contribution is -2.66. The number of ether oxygens (including phenoxy) is 2. The molecule has 5 N–H and O–H groups in total. The second-order valence-corrected chi connectivity index (χ2v) is 7.30. The van der Waals surface area contributed by atoms with Crippen molar-refractivity contribution in [1.82, 2.24) is 4.98 Å². The van der Waals surface area contributed by atoms with E-state index in [0.717, 1.165) is 5.56 Å². The Morgan fingerprint density at radius 1 is 1.16 bits per heavy atom. The van der Waals surface area contributed by atoms with E-state index in [1.807, 2.05) is 30.3 Å². The number of alkyl halides is 2. The third-order valence-electron chi connectivity index (χ3n) is 4.00. The Hall–Kier alpha value is -1.13. The number of aliphatic hydroxyl groups excluding tert-OH is 4. The Morgan fingerprint density at radius 3 is 2.48 bits per heavy atom. The van der Waals surface area contributed by atoms with Crippen LogP contribution < -0.4 is 4.74 Å². The first-order valence-electron chi connectivity index (χ1n) is 7.47. The average molecular weight is 435 g/mol. The highest BCUT2D eigenvalue weighted by molar-refractivity contribution is 9.10. The predicted octanol–water partition coefficient (Wildman–Crippen LogP) is 1.15. The standard InChI is InChI=1S/C16H17BrClNO6/c17-16(15(18)23)12(22)10(20)11(21)14(25-16)24-13-9(6-7-19-13)8-4-2-1-3-5-8/h1-7,10-12,14-15,19-23H/t10-,11-,12+,14+,15?,16+/m1/s1. The van der Waals surface area contributed by atoms with Crippen LogP contribution in [0.15, 0.2) is 42.6 Å². The summed E-state index contributed by atoms with van der Waals surface area (Å²) in [6.45, 7) is 0. The summed E-state index contributed by atoms with van der Waals surface area (Å²) >= 11 is 8.63. The van der Waals surface area contributed by atoms with E-state index in [2.05, 4.69) is 20.9 Å². The van der Waals surface area contributed by atoms with Gasteiger partial charge in [0, 0.05) is 11.8 Å². The van der Waals surface area contributed by atoms with E-state index in [4.69, 9.17) is 21.1 Å². The number of halogens is 2. The Morgan fingerprint density at radius 2 is 1.84 bits per heavy atom. The van der Waals surface area contributed by atoms with Crippen LogP contribution in [-0.4, -0.2) is 60.1 Å². The van der Waals surface area contributed by atoms with Gasteiger partial charge in [-0.2, -0.15) is 0 Å². The van der Waals surface area contributed by atoms with Gasteiger partial charge in [0.2, 0.25) is 12.2 Å². The smallest absolute Gasteiger partial charge is 0.232 e. The third-order valence-corrected chi connectivity index (χ3v) is 5.68. The van der Waals surface area contributed by atoms with Gasteiger partial charge in [-0.25, -0.2) is 0 Å².